The maximum Gasteiger partial charge on any atom is 0.229 e. The Balaban J connectivity index is 1.39. The molecule has 0 spiro atoms. The molecule has 1 saturated carbocycles. The fraction of sp³-hybridized carbons (Fsp3) is 0.556. The van der Waals surface area contributed by atoms with E-state index in [1.165, 1.54) is 0 Å². The molecule has 1 aromatic rings. The average molecular weight is 330 g/mol. The predicted molar refractivity (Wildman–Crippen MR) is 88.1 cm³/mol. The first-order chi connectivity index (χ1) is 11.7. The first kappa shape index (κ1) is 15.3. The van der Waals surface area contributed by atoms with Crippen LogP contribution in [-0.4, -0.2) is 43.0 Å². The molecular formula is C18H22N2O4. The van der Waals surface area contributed by atoms with E-state index >= 15 is 0 Å². The number of carbonyl (C=O) groups excluding carboxylic acids is 2. The van der Waals surface area contributed by atoms with Gasteiger partial charge in [0.05, 0.1) is 5.92 Å². The minimum absolute atomic E-state index is 0.0278. The zero-order valence-corrected chi connectivity index (χ0v) is 13.6. The van der Waals surface area contributed by atoms with E-state index in [1.807, 2.05) is 17.0 Å². The van der Waals surface area contributed by atoms with Crippen molar-refractivity contribution >= 4 is 17.5 Å². The zero-order chi connectivity index (χ0) is 16.5. The van der Waals surface area contributed by atoms with E-state index in [0.29, 0.717) is 36.9 Å². The number of likely N-dealkylation sites (tertiary alicyclic amines) is 1. The highest BCUT2D eigenvalue weighted by atomic mass is 16.6. The standard InChI is InChI=1S/C18H22N2O4/c21-17(13-2-1-7-20(11-13)18(22)12-3-4-12)19-14-5-6-15-16(10-14)24-9-8-23-15/h5-6,10,12-13H,1-4,7-9,11H2,(H,19,21)/t13-/m0/s1. The van der Waals surface area contributed by atoms with Crippen molar-refractivity contribution in [1.82, 2.24) is 4.90 Å². The molecule has 1 atom stereocenters. The van der Waals surface area contributed by atoms with E-state index < -0.39 is 0 Å². The third-order valence-electron chi connectivity index (χ3n) is 4.84. The van der Waals surface area contributed by atoms with Gasteiger partial charge in [-0.05, 0) is 37.8 Å². The van der Waals surface area contributed by atoms with Gasteiger partial charge in [-0.1, -0.05) is 0 Å². The molecule has 3 aliphatic rings. The molecular weight excluding hydrogens is 308 g/mol. The van der Waals surface area contributed by atoms with Crippen LogP contribution in [-0.2, 0) is 9.59 Å². The van der Waals surface area contributed by atoms with Crippen molar-refractivity contribution in [1.29, 1.82) is 0 Å². The molecule has 1 aromatic carbocycles. The molecule has 1 N–H and O–H groups in total. The van der Waals surface area contributed by atoms with Gasteiger partial charge in [-0.25, -0.2) is 0 Å². The number of hydrogen-bond acceptors (Lipinski definition) is 4. The number of ether oxygens (including phenoxy) is 2. The van der Waals surface area contributed by atoms with Crippen molar-refractivity contribution in [3.8, 4) is 11.5 Å². The number of carbonyl (C=O) groups is 2. The van der Waals surface area contributed by atoms with Crippen LogP contribution < -0.4 is 14.8 Å². The molecule has 0 radical (unpaired) electrons. The van der Waals surface area contributed by atoms with E-state index in [1.54, 1.807) is 6.07 Å². The monoisotopic (exact) mass is 330 g/mol. The molecule has 0 bridgehead atoms. The number of nitrogens with one attached hydrogen (secondary N) is 1. The van der Waals surface area contributed by atoms with Gasteiger partial charge in [0.25, 0.3) is 0 Å². The van der Waals surface area contributed by atoms with Crippen LogP contribution in [0.25, 0.3) is 0 Å². The van der Waals surface area contributed by atoms with Gasteiger partial charge >= 0.3 is 0 Å². The van der Waals surface area contributed by atoms with Crippen LogP contribution in [0.15, 0.2) is 18.2 Å². The first-order valence-electron chi connectivity index (χ1n) is 8.70. The molecule has 24 heavy (non-hydrogen) atoms. The highest BCUT2D eigenvalue weighted by molar-refractivity contribution is 5.93. The summed E-state index contributed by atoms with van der Waals surface area (Å²) < 4.78 is 11.0. The fourth-order valence-corrected chi connectivity index (χ4v) is 3.35. The van der Waals surface area contributed by atoms with Gasteiger partial charge in [-0.3, -0.25) is 9.59 Å². The summed E-state index contributed by atoms with van der Waals surface area (Å²) in [5.41, 5.74) is 0.704. The van der Waals surface area contributed by atoms with Crippen LogP contribution in [0.4, 0.5) is 5.69 Å². The number of piperidine rings is 1. The van der Waals surface area contributed by atoms with E-state index in [0.717, 1.165) is 32.2 Å². The quantitative estimate of drug-likeness (QED) is 0.921. The van der Waals surface area contributed by atoms with Crippen molar-refractivity contribution in [3.63, 3.8) is 0 Å². The highest BCUT2D eigenvalue weighted by Gasteiger charge is 2.36. The summed E-state index contributed by atoms with van der Waals surface area (Å²) >= 11 is 0. The van der Waals surface area contributed by atoms with Gasteiger partial charge in [0.1, 0.15) is 13.2 Å². The number of rotatable bonds is 3. The SMILES string of the molecule is O=C(Nc1ccc2c(c1)OCCO2)[C@H]1CCCN(C(=O)C2CC2)C1. The van der Waals surface area contributed by atoms with Crippen LogP contribution >= 0.6 is 0 Å². The molecule has 1 saturated heterocycles. The molecule has 6 nitrogen and oxygen atoms in total. The predicted octanol–water partition coefficient (Wildman–Crippen LogP) is 2.04. The fourth-order valence-electron chi connectivity index (χ4n) is 3.35. The lowest BCUT2D eigenvalue weighted by Gasteiger charge is -2.32. The third kappa shape index (κ3) is 3.18. The van der Waals surface area contributed by atoms with E-state index in [9.17, 15) is 9.59 Å². The summed E-state index contributed by atoms with van der Waals surface area (Å²) in [4.78, 5) is 26.6. The Morgan fingerprint density at radius 2 is 1.83 bits per heavy atom. The van der Waals surface area contributed by atoms with E-state index in [-0.39, 0.29) is 23.7 Å². The van der Waals surface area contributed by atoms with Gasteiger partial charge < -0.3 is 19.7 Å². The van der Waals surface area contributed by atoms with Crippen LogP contribution in [0, 0.1) is 11.8 Å². The Bertz CT molecular complexity index is 656. The number of fused-ring (bicyclic) bond motifs is 1. The summed E-state index contributed by atoms with van der Waals surface area (Å²) in [5, 5.41) is 2.95. The second-order valence-electron chi connectivity index (χ2n) is 6.75. The lowest BCUT2D eigenvalue weighted by molar-refractivity contribution is -0.135. The van der Waals surface area contributed by atoms with Crippen LogP contribution in [0.1, 0.15) is 25.7 Å². The number of nitrogens with zero attached hydrogens (tertiary/aromatic N) is 1. The van der Waals surface area contributed by atoms with Gasteiger partial charge in [0.15, 0.2) is 11.5 Å². The van der Waals surface area contributed by atoms with Crippen molar-refractivity contribution in [2.75, 3.05) is 31.6 Å². The number of benzene rings is 1. The second kappa shape index (κ2) is 6.34. The lowest BCUT2D eigenvalue weighted by atomic mass is 9.96. The molecule has 0 unspecified atom stereocenters. The van der Waals surface area contributed by atoms with Crippen molar-refractivity contribution in [2.45, 2.75) is 25.7 Å². The van der Waals surface area contributed by atoms with Gasteiger partial charge in [0.2, 0.25) is 11.8 Å². The first-order valence-corrected chi connectivity index (χ1v) is 8.70. The Morgan fingerprint density at radius 1 is 1.04 bits per heavy atom. The summed E-state index contributed by atoms with van der Waals surface area (Å²) in [6.07, 6.45) is 3.72. The van der Waals surface area contributed by atoms with Crippen molar-refractivity contribution in [3.05, 3.63) is 18.2 Å². The van der Waals surface area contributed by atoms with Crippen LogP contribution in [0.3, 0.4) is 0 Å². The normalized spacial score (nSPS) is 22.8. The van der Waals surface area contributed by atoms with Gasteiger partial charge in [-0.2, -0.15) is 0 Å². The Labute approximate surface area is 141 Å². The molecule has 4 rings (SSSR count). The smallest absolute Gasteiger partial charge is 0.229 e. The van der Waals surface area contributed by atoms with Crippen LogP contribution in [0.2, 0.25) is 0 Å². The third-order valence-corrected chi connectivity index (χ3v) is 4.84. The number of amides is 2. The number of hydrogen-bond donors (Lipinski definition) is 1. The average Bonchev–Trinajstić information content (AvgIpc) is 3.46. The Morgan fingerprint density at radius 3 is 2.62 bits per heavy atom. The van der Waals surface area contributed by atoms with Crippen molar-refractivity contribution in [2.24, 2.45) is 11.8 Å². The Kier molecular flexibility index (Phi) is 4.04. The second-order valence-corrected chi connectivity index (χ2v) is 6.75. The van der Waals surface area contributed by atoms with Gasteiger partial charge in [-0.15, -0.1) is 0 Å². The maximum absolute atomic E-state index is 12.6. The highest BCUT2D eigenvalue weighted by Crippen LogP contribution is 2.34. The molecule has 6 heteroatoms. The molecule has 2 fully saturated rings. The summed E-state index contributed by atoms with van der Waals surface area (Å²) in [5.74, 6) is 1.64. The minimum atomic E-state index is -0.144. The number of anilines is 1. The topological polar surface area (TPSA) is 67.9 Å². The molecule has 0 aromatic heterocycles. The molecule has 2 aliphatic heterocycles. The minimum Gasteiger partial charge on any atom is -0.486 e. The summed E-state index contributed by atoms with van der Waals surface area (Å²) in [7, 11) is 0. The summed E-state index contributed by atoms with van der Waals surface area (Å²) in [6.45, 7) is 2.38. The molecule has 1 aliphatic carbocycles. The van der Waals surface area contributed by atoms with Crippen LogP contribution in [0.5, 0.6) is 11.5 Å². The molecule has 128 valence electrons. The van der Waals surface area contributed by atoms with Gasteiger partial charge in [0, 0.05) is 30.8 Å². The van der Waals surface area contributed by atoms with E-state index in [2.05, 4.69) is 5.32 Å². The largest absolute Gasteiger partial charge is 0.486 e. The summed E-state index contributed by atoms with van der Waals surface area (Å²) in [6, 6.07) is 5.43. The lowest BCUT2D eigenvalue weighted by Crippen LogP contribution is -2.44. The zero-order valence-electron chi connectivity index (χ0n) is 13.6. The maximum atomic E-state index is 12.6. The van der Waals surface area contributed by atoms with E-state index in [4.69, 9.17) is 9.47 Å². The Hall–Kier alpha value is -2.24. The van der Waals surface area contributed by atoms with Crippen molar-refractivity contribution < 1.29 is 19.1 Å². The molecule has 2 amide bonds. The molecule has 2 heterocycles.